The van der Waals surface area contributed by atoms with Gasteiger partial charge in [-0.3, -0.25) is 9.67 Å². The molecule has 0 saturated carbocycles. The number of aromatic nitrogens is 4. The van der Waals surface area contributed by atoms with Gasteiger partial charge in [0.2, 0.25) is 0 Å². The van der Waals surface area contributed by atoms with Gasteiger partial charge in [-0.2, -0.15) is 5.10 Å². The number of nitrogens with zero attached hydrogens (tertiary/aromatic N) is 4. The van der Waals surface area contributed by atoms with Crippen LogP contribution in [0.1, 0.15) is 45.6 Å². The Labute approximate surface area is 202 Å². The van der Waals surface area contributed by atoms with Crippen LogP contribution in [0.15, 0.2) is 73.1 Å². The van der Waals surface area contributed by atoms with Crippen molar-refractivity contribution in [2.75, 3.05) is 0 Å². The molecular weight excluding hydrogens is 420 g/mol. The van der Waals surface area contributed by atoms with Crippen molar-refractivity contribution in [2.24, 2.45) is 0 Å². The van der Waals surface area contributed by atoms with E-state index in [1.807, 2.05) is 36.2 Å². The summed E-state index contributed by atoms with van der Waals surface area (Å²) in [5.41, 5.74) is 4.07. The standard InChI is InChI=1S/C28H36N6/c1-6-17-34-20-26(18-30-34)28-19-29-27(23(4)33-28)16-15-22(3)32-24(5)31-21(2)11-10-14-25-12-8-7-9-13-25/h7-9,12-13,15-16,18-21,31-32H,4-6,10-11,14,17H2,1-3H3/b22-15+,27-16+. The third-order valence-electron chi connectivity index (χ3n) is 5.46. The lowest BCUT2D eigenvalue weighted by molar-refractivity contribution is 0.530. The number of hydrogen-bond donors (Lipinski definition) is 2. The molecule has 0 aliphatic heterocycles. The Morgan fingerprint density at radius 3 is 2.74 bits per heavy atom. The number of rotatable bonds is 12. The van der Waals surface area contributed by atoms with E-state index in [-0.39, 0.29) is 0 Å². The van der Waals surface area contributed by atoms with Crippen LogP contribution >= 0.6 is 0 Å². The van der Waals surface area contributed by atoms with Crippen molar-refractivity contribution < 1.29 is 0 Å². The van der Waals surface area contributed by atoms with Gasteiger partial charge in [-0.05, 0) is 57.2 Å². The second kappa shape index (κ2) is 12.5. The molecule has 3 aromatic rings. The van der Waals surface area contributed by atoms with Crippen LogP contribution in [-0.4, -0.2) is 25.8 Å². The molecule has 1 aromatic carbocycles. The summed E-state index contributed by atoms with van der Waals surface area (Å²) < 4.78 is 1.92. The van der Waals surface area contributed by atoms with Crippen molar-refractivity contribution in [3.8, 4) is 11.3 Å². The molecule has 1 atom stereocenters. The minimum Gasteiger partial charge on any atom is -0.370 e. The maximum atomic E-state index is 4.61. The monoisotopic (exact) mass is 456 g/mol. The normalized spacial score (nSPS) is 13.0. The molecule has 2 aromatic heterocycles. The number of aryl methyl sites for hydroxylation is 2. The number of hydrogen-bond acceptors (Lipinski definition) is 5. The van der Waals surface area contributed by atoms with Crippen LogP contribution in [-0.2, 0) is 13.0 Å². The Morgan fingerprint density at radius 1 is 1.21 bits per heavy atom. The minimum absolute atomic E-state index is 0.340. The number of allylic oxidation sites excluding steroid dienone is 2. The average molecular weight is 457 g/mol. The van der Waals surface area contributed by atoms with E-state index in [0.29, 0.717) is 11.4 Å². The average Bonchev–Trinajstić information content (AvgIpc) is 3.28. The highest BCUT2D eigenvalue weighted by molar-refractivity contribution is 5.55. The van der Waals surface area contributed by atoms with Crippen LogP contribution in [0.5, 0.6) is 0 Å². The van der Waals surface area contributed by atoms with Gasteiger partial charge in [-0.25, -0.2) is 4.98 Å². The molecule has 0 aliphatic rings. The fourth-order valence-electron chi connectivity index (χ4n) is 3.71. The number of benzene rings is 1. The summed E-state index contributed by atoms with van der Waals surface area (Å²) in [7, 11) is 0. The third-order valence-corrected chi connectivity index (χ3v) is 5.46. The van der Waals surface area contributed by atoms with Crippen LogP contribution in [0.2, 0.25) is 0 Å². The maximum Gasteiger partial charge on any atom is 0.0956 e. The SMILES string of the molecule is C=C(N/C(C)=C/C=c1/ncc(-c2cnn(CCC)c2)nc1=C)NC(C)CCCc1ccccc1. The molecule has 34 heavy (non-hydrogen) atoms. The fourth-order valence-corrected chi connectivity index (χ4v) is 3.71. The van der Waals surface area contributed by atoms with E-state index in [1.54, 1.807) is 6.20 Å². The summed E-state index contributed by atoms with van der Waals surface area (Å²) in [5.74, 6) is 0.787. The van der Waals surface area contributed by atoms with E-state index in [9.17, 15) is 0 Å². The first-order valence-corrected chi connectivity index (χ1v) is 11.9. The van der Waals surface area contributed by atoms with E-state index < -0.39 is 0 Å². The molecule has 0 amide bonds. The molecule has 2 heterocycles. The van der Waals surface area contributed by atoms with Crippen molar-refractivity contribution in [1.29, 1.82) is 0 Å². The molecule has 6 heteroatoms. The molecule has 178 valence electrons. The molecule has 6 nitrogen and oxygen atoms in total. The zero-order chi connectivity index (χ0) is 24.3. The van der Waals surface area contributed by atoms with E-state index in [1.165, 1.54) is 5.56 Å². The Bertz CT molecular complexity index is 1210. The lowest BCUT2D eigenvalue weighted by atomic mass is 10.1. The van der Waals surface area contributed by atoms with Crippen molar-refractivity contribution >= 4 is 12.7 Å². The Morgan fingerprint density at radius 2 is 2.00 bits per heavy atom. The van der Waals surface area contributed by atoms with Crippen molar-refractivity contribution in [3.63, 3.8) is 0 Å². The van der Waals surface area contributed by atoms with Gasteiger partial charge in [0.25, 0.3) is 0 Å². The van der Waals surface area contributed by atoms with Crippen LogP contribution in [0.3, 0.4) is 0 Å². The van der Waals surface area contributed by atoms with Gasteiger partial charge in [0.05, 0.1) is 34.6 Å². The zero-order valence-electron chi connectivity index (χ0n) is 20.6. The third kappa shape index (κ3) is 7.73. The Balaban J connectivity index is 1.51. The summed E-state index contributed by atoms with van der Waals surface area (Å²) in [4.78, 5) is 9.15. The molecule has 0 spiro atoms. The largest absolute Gasteiger partial charge is 0.370 e. The molecule has 1 unspecified atom stereocenters. The van der Waals surface area contributed by atoms with Gasteiger partial charge in [-0.1, -0.05) is 50.4 Å². The smallest absolute Gasteiger partial charge is 0.0956 e. The second-order valence-electron chi connectivity index (χ2n) is 8.62. The van der Waals surface area contributed by atoms with Crippen molar-refractivity contribution in [1.82, 2.24) is 30.4 Å². The highest BCUT2D eigenvalue weighted by Crippen LogP contribution is 2.12. The molecule has 0 aliphatic carbocycles. The van der Waals surface area contributed by atoms with Gasteiger partial charge in [0.1, 0.15) is 0 Å². The number of nitrogens with one attached hydrogen (secondary N) is 2. The summed E-state index contributed by atoms with van der Waals surface area (Å²) in [6.07, 6.45) is 13.8. The molecule has 0 fully saturated rings. The Kier molecular flexibility index (Phi) is 9.21. The minimum atomic E-state index is 0.340. The topological polar surface area (TPSA) is 67.7 Å². The summed E-state index contributed by atoms with van der Waals surface area (Å²) in [6.45, 7) is 15.4. The molecule has 2 N–H and O–H groups in total. The van der Waals surface area contributed by atoms with Gasteiger partial charge < -0.3 is 10.6 Å². The van der Waals surface area contributed by atoms with E-state index >= 15 is 0 Å². The van der Waals surface area contributed by atoms with Crippen LogP contribution < -0.4 is 21.3 Å². The van der Waals surface area contributed by atoms with Gasteiger partial charge in [-0.15, -0.1) is 0 Å². The fraction of sp³-hybridized carbons (Fsp3) is 0.321. The van der Waals surface area contributed by atoms with Crippen molar-refractivity contribution in [2.45, 2.75) is 59.0 Å². The Hall–Kier alpha value is -3.67. The molecular formula is C28H36N6. The maximum absolute atomic E-state index is 4.61. The second-order valence-corrected chi connectivity index (χ2v) is 8.62. The van der Waals surface area contributed by atoms with Gasteiger partial charge in [0.15, 0.2) is 0 Å². The lowest BCUT2D eigenvalue weighted by Gasteiger charge is -2.18. The zero-order valence-corrected chi connectivity index (χ0v) is 20.6. The highest BCUT2D eigenvalue weighted by Gasteiger charge is 2.05. The van der Waals surface area contributed by atoms with Crippen LogP contribution in [0.25, 0.3) is 23.9 Å². The van der Waals surface area contributed by atoms with E-state index in [2.05, 4.69) is 83.0 Å². The van der Waals surface area contributed by atoms with Crippen LogP contribution in [0.4, 0.5) is 0 Å². The van der Waals surface area contributed by atoms with Gasteiger partial charge >= 0.3 is 0 Å². The molecule has 0 bridgehead atoms. The predicted octanol–water partition coefficient (Wildman–Crippen LogP) is 3.91. The molecule has 0 radical (unpaired) electrons. The quantitative estimate of drug-likeness (QED) is 0.433. The van der Waals surface area contributed by atoms with E-state index in [0.717, 1.165) is 60.4 Å². The van der Waals surface area contributed by atoms with Crippen LogP contribution in [0, 0.1) is 0 Å². The summed E-state index contributed by atoms with van der Waals surface area (Å²) >= 11 is 0. The first kappa shape index (κ1) is 25.0. The first-order chi connectivity index (χ1) is 16.4. The van der Waals surface area contributed by atoms with Crippen molar-refractivity contribution in [3.05, 3.63) is 89.4 Å². The summed E-state index contributed by atoms with van der Waals surface area (Å²) in [6, 6.07) is 10.9. The van der Waals surface area contributed by atoms with E-state index in [4.69, 9.17) is 0 Å². The highest BCUT2D eigenvalue weighted by atomic mass is 15.3. The molecule has 0 saturated heterocycles. The summed E-state index contributed by atoms with van der Waals surface area (Å²) in [5, 5.41) is 12.5. The molecule has 3 rings (SSSR count). The van der Waals surface area contributed by atoms with Gasteiger partial charge in [0, 0.05) is 30.0 Å². The lowest BCUT2D eigenvalue weighted by Crippen LogP contribution is -2.32. The first-order valence-electron chi connectivity index (χ1n) is 11.9. The predicted molar refractivity (Wildman–Crippen MR) is 141 cm³/mol.